The van der Waals surface area contributed by atoms with E-state index in [1.54, 1.807) is 0 Å². The molecule has 1 aliphatic rings. The number of carbonyl (C=O) groups excluding carboxylic acids is 1. The first kappa shape index (κ1) is 25.3. The number of ether oxygens (including phenoxy) is 3. The normalized spacial score (nSPS) is 20.0. The molecule has 0 N–H and O–H groups in total. The third-order valence-corrected chi connectivity index (χ3v) is 6.63. The number of hydrogen-bond donors (Lipinski definition) is 0. The molecule has 0 aliphatic carbocycles. The van der Waals surface area contributed by atoms with Gasteiger partial charge in [0.1, 0.15) is 6.10 Å². The molecule has 3 aromatic carbocycles. The van der Waals surface area contributed by atoms with E-state index in [9.17, 15) is 9.36 Å². The highest BCUT2D eigenvalue weighted by atomic mass is 31.2. The predicted octanol–water partition coefficient (Wildman–Crippen LogP) is 5.20. The van der Waals surface area contributed by atoms with Crippen LogP contribution < -0.4 is 0 Å². The lowest BCUT2D eigenvalue weighted by molar-refractivity contribution is -0.154. The second-order valence-corrected chi connectivity index (χ2v) is 9.43. The van der Waals surface area contributed by atoms with Crippen molar-refractivity contribution in [3.8, 4) is 0 Å². The van der Waals surface area contributed by atoms with E-state index in [0.29, 0.717) is 0 Å². The van der Waals surface area contributed by atoms with E-state index in [0.717, 1.165) is 16.7 Å². The van der Waals surface area contributed by atoms with Gasteiger partial charge in [-0.1, -0.05) is 91.0 Å². The Balaban J connectivity index is 1.46. The predicted molar refractivity (Wildman–Crippen MR) is 127 cm³/mol. The van der Waals surface area contributed by atoms with Gasteiger partial charge in [0.2, 0.25) is 0 Å². The topological polar surface area (TPSA) is 89.5 Å². The minimum atomic E-state index is -4.05. The smallest absolute Gasteiger partial charge is 0.467 e. The maximum Gasteiger partial charge on any atom is 0.475 e. The number of benzene rings is 3. The maximum absolute atomic E-state index is 13.5. The lowest BCUT2D eigenvalue weighted by Crippen LogP contribution is -2.35. The highest BCUT2D eigenvalue weighted by Crippen LogP contribution is 2.51. The second-order valence-electron chi connectivity index (χ2n) is 7.76. The van der Waals surface area contributed by atoms with Crippen molar-refractivity contribution >= 4 is 13.8 Å². The number of hydrogen-bond acceptors (Lipinski definition) is 8. The van der Waals surface area contributed by atoms with E-state index in [1.807, 2.05) is 91.0 Å². The van der Waals surface area contributed by atoms with Crippen molar-refractivity contribution in [2.45, 2.75) is 31.7 Å². The molecule has 1 saturated heterocycles. The fourth-order valence-electron chi connectivity index (χ4n) is 3.43. The molecule has 8 nitrogen and oxygen atoms in total. The van der Waals surface area contributed by atoms with Gasteiger partial charge < -0.3 is 14.2 Å². The highest BCUT2D eigenvalue weighted by Gasteiger charge is 2.44. The SMILES string of the molecule is COC(=O)[C@@H]1OC(c2ccccc2)O[C@H]1COP(=O)(OCc1ccccc1)OCc1ccccc1. The summed E-state index contributed by atoms with van der Waals surface area (Å²) in [7, 11) is -2.79. The first-order valence-electron chi connectivity index (χ1n) is 11.1. The van der Waals surface area contributed by atoms with Crippen molar-refractivity contribution in [2.75, 3.05) is 13.7 Å². The molecule has 35 heavy (non-hydrogen) atoms. The molecular weight excluding hydrogens is 471 g/mol. The Hall–Kier alpha value is -2.84. The molecule has 0 amide bonds. The summed E-state index contributed by atoms with van der Waals surface area (Å²) in [5.74, 6) is -0.623. The summed E-state index contributed by atoms with van der Waals surface area (Å²) in [6.07, 6.45) is -2.76. The molecule has 0 radical (unpaired) electrons. The van der Waals surface area contributed by atoms with Crippen LogP contribution in [-0.4, -0.2) is 31.9 Å². The van der Waals surface area contributed by atoms with Crippen molar-refractivity contribution in [1.29, 1.82) is 0 Å². The lowest BCUT2D eigenvalue weighted by Gasteiger charge is -2.21. The molecule has 9 heteroatoms. The van der Waals surface area contributed by atoms with Gasteiger partial charge in [0.05, 0.1) is 26.9 Å². The van der Waals surface area contributed by atoms with Crippen molar-refractivity contribution < 1.29 is 37.1 Å². The van der Waals surface area contributed by atoms with E-state index in [4.69, 9.17) is 27.8 Å². The monoisotopic (exact) mass is 498 g/mol. The van der Waals surface area contributed by atoms with Gasteiger partial charge in [-0.2, -0.15) is 0 Å². The fraction of sp³-hybridized carbons (Fsp3) is 0.269. The molecule has 0 aromatic heterocycles. The molecule has 0 bridgehead atoms. The molecule has 4 rings (SSSR count). The summed E-state index contributed by atoms with van der Waals surface area (Å²) in [6, 6.07) is 27.7. The van der Waals surface area contributed by atoms with Crippen LogP contribution in [0.1, 0.15) is 23.0 Å². The van der Waals surface area contributed by atoms with Crippen LogP contribution in [0.4, 0.5) is 0 Å². The zero-order valence-electron chi connectivity index (χ0n) is 19.2. The van der Waals surface area contributed by atoms with Gasteiger partial charge in [-0.05, 0) is 11.1 Å². The average molecular weight is 498 g/mol. The van der Waals surface area contributed by atoms with Crippen LogP contribution in [0.5, 0.6) is 0 Å². The zero-order chi connectivity index (χ0) is 24.5. The van der Waals surface area contributed by atoms with Crippen molar-refractivity contribution in [3.05, 3.63) is 108 Å². The Morgan fingerprint density at radius 3 is 1.80 bits per heavy atom. The number of methoxy groups -OCH3 is 1. The van der Waals surface area contributed by atoms with E-state index >= 15 is 0 Å². The van der Waals surface area contributed by atoms with E-state index in [2.05, 4.69) is 0 Å². The minimum Gasteiger partial charge on any atom is -0.467 e. The first-order valence-corrected chi connectivity index (χ1v) is 12.6. The summed E-state index contributed by atoms with van der Waals surface area (Å²) in [4.78, 5) is 12.3. The third kappa shape index (κ3) is 7.08. The number of carbonyl (C=O) groups is 1. The molecule has 1 heterocycles. The van der Waals surface area contributed by atoms with Crippen LogP contribution in [0.3, 0.4) is 0 Å². The van der Waals surface area contributed by atoms with Gasteiger partial charge in [0.15, 0.2) is 12.4 Å². The van der Waals surface area contributed by atoms with E-state index < -0.39 is 32.3 Å². The highest BCUT2D eigenvalue weighted by molar-refractivity contribution is 7.48. The van der Waals surface area contributed by atoms with Gasteiger partial charge in [-0.3, -0.25) is 13.6 Å². The minimum absolute atomic E-state index is 0.0159. The summed E-state index contributed by atoms with van der Waals surface area (Å²) in [5.41, 5.74) is 2.33. The van der Waals surface area contributed by atoms with Gasteiger partial charge >= 0.3 is 13.8 Å². The summed E-state index contributed by atoms with van der Waals surface area (Å²) >= 11 is 0. The Morgan fingerprint density at radius 2 is 1.29 bits per heavy atom. The van der Waals surface area contributed by atoms with Crippen molar-refractivity contribution in [1.82, 2.24) is 0 Å². The standard InChI is InChI=1S/C26H27O8P/c1-29-25(27)24-23(33-26(34-24)22-15-9-4-10-16-22)19-32-35(28,30-17-20-11-5-2-6-12-20)31-18-21-13-7-3-8-14-21/h2-16,23-24,26H,17-19H2,1H3/t23-,24+,26?/m0/s1. The fourth-order valence-corrected chi connectivity index (χ4v) is 4.60. The molecule has 184 valence electrons. The van der Waals surface area contributed by atoms with Gasteiger partial charge in [0, 0.05) is 5.56 Å². The lowest BCUT2D eigenvalue weighted by atomic mass is 10.2. The van der Waals surface area contributed by atoms with Crippen LogP contribution in [0.25, 0.3) is 0 Å². The average Bonchev–Trinajstić information content (AvgIpc) is 3.35. The number of phosphoric ester groups is 1. The Morgan fingerprint density at radius 1 is 0.771 bits per heavy atom. The molecule has 1 unspecified atom stereocenters. The van der Waals surface area contributed by atoms with Crippen LogP contribution in [0, 0.1) is 0 Å². The largest absolute Gasteiger partial charge is 0.475 e. The van der Waals surface area contributed by atoms with Crippen LogP contribution in [0.15, 0.2) is 91.0 Å². The Bertz CT molecular complexity index is 1060. The quantitative estimate of drug-likeness (QED) is 0.263. The van der Waals surface area contributed by atoms with Gasteiger partial charge in [-0.25, -0.2) is 9.36 Å². The summed E-state index contributed by atoms with van der Waals surface area (Å²) in [5, 5.41) is 0. The van der Waals surface area contributed by atoms with Gasteiger partial charge in [-0.15, -0.1) is 0 Å². The van der Waals surface area contributed by atoms with Gasteiger partial charge in [0.25, 0.3) is 0 Å². The third-order valence-electron chi connectivity index (χ3n) is 5.27. The van der Waals surface area contributed by atoms with Crippen LogP contribution >= 0.6 is 7.82 Å². The van der Waals surface area contributed by atoms with E-state index in [1.165, 1.54) is 7.11 Å². The molecular formula is C26H27O8P. The molecule has 0 saturated carbocycles. The Labute approximate surface area is 204 Å². The molecule has 1 aliphatic heterocycles. The summed E-state index contributed by atoms with van der Waals surface area (Å²) in [6.45, 7) is -0.242. The van der Waals surface area contributed by atoms with Crippen molar-refractivity contribution in [2.24, 2.45) is 0 Å². The second kappa shape index (κ2) is 12.2. The molecule has 3 atom stereocenters. The van der Waals surface area contributed by atoms with Crippen LogP contribution in [0.2, 0.25) is 0 Å². The van der Waals surface area contributed by atoms with Crippen LogP contribution in [-0.2, 0) is 50.4 Å². The number of rotatable bonds is 11. The first-order chi connectivity index (χ1) is 17.1. The number of esters is 1. The van der Waals surface area contributed by atoms with Crippen molar-refractivity contribution in [3.63, 3.8) is 0 Å². The summed E-state index contributed by atoms with van der Waals surface area (Å²) < 4.78 is 47.0. The Kier molecular flexibility index (Phi) is 8.82. The maximum atomic E-state index is 13.5. The molecule has 1 fully saturated rings. The molecule has 0 spiro atoms. The molecule has 3 aromatic rings. The van der Waals surface area contributed by atoms with E-state index in [-0.39, 0.29) is 19.8 Å². The zero-order valence-corrected chi connectivity index (χ0v) is 20.1. The number of phosphoric acid groups is 1.